The van der Waals surface area contributed by atoms with Crippen LogP contribution in [0, 0.1) is 17.8 Å². The van der Waals surface area contributed by atoms with Gasteiger partial charge in [0.05, 0.1) is 4.90 Å². The SMILES string of the molecule is O=C([O-])CCC/C=C\C[C@H]1C2CC[C@@H](C2)[C@@H]1NS(=O)(=O)c1ccccc1.[Na+]. The second kappa shape index (κ2) is 10.2. The molecule has 5 nitrogen and oxygen atoms in total. The van der Waals surface area contributed by atoms with Crippen LogP contribution in [0.1, 0.15) is 44.9 Å². The number of carbonyl (C=O) groups excluding carboxylic acids is 1. The second-order valence-electron chi connectivity index (χ2n) is 7.43. The number of hydrogen-bond acceptors (Lipinski definition) is 4. The first-order valence-electron chi connectivity index (χ1n) is 9.39. The summed E-state index contributed by atoms with van der Waals surface area (Å²) in [4.78, 5) is 10.7. The van der Waals surface area contributed by atoms with Crippen LogP contribution in [0.15, 0.2) is 47.4 Å². The van der Waals surface area contributed by atoms with Crippen molar-refractivity contribution >= 4 is 16.0 Å². The fourth-order valence-corrected chi connectivity index (χ4v) is 5.89. The quantitative estimate of drug-likeness (QED) is 0.336. The standard InChI is InChI=1S/C20H27NO4S.Na/c22-19(23)11-7-2-1-6-10-18-15-12-13-16(14-15)20(18)21-26(24,25)17-8-4-3-5-9-17;/h1,3-6,8-9,15-16,18,20-21H,2,7,10-14H2,(H,22,23);/q;+1/p-1/b6-1-;/t15?,16-,18-,20-;/m0./s1. The number of unbranched alkanes of at least 4 members (excludes halogenated alkanes) is 1. The molecule has 3 rings (SSSR count). The largest absolute Gasteiger partial charge is 1.00 e. The zero-order valence-corrected chi connectivity index (χ0v) is 18.7. The molecule has 2 aliphatic carbocycles. The van der Waals surface area contributed by atoms with Gasteiger partial charge in [-0.25, -0.2) is 13.1 Å². The van der Waals surface area contributed by atoms with Gasteiger partial charge in [0.15, 0.2) is 0 Å². The number of carbonyl (C=O) groups is 1. The van der Waals surface area contributed by atoms with Gasteiger partial charge in [0, 0.05) is 12.0 Å². The molecule has 27 heavy (non-hydrogen) atoms. The third-order valence-corrected chi connectivity index (χ3v) is 7.23. The molecular weight excluding hydrogens is 373 g/mol. The Morgan fingerprint density at radius 1 is 1.15 bits per heavy atom. The van der Waals surface area contributed by atoms with Crippen LogP contribution >= 0.6 is 0 Å². The summed E-state index contributed by atoms with van der Waals surface area (Å²) in [5.41, 5.74) is 0. The number of allylic oxidation sites excluding steroid dienone is 2. The van der Waals surface area contributed by atoms with Crippen molar-refractivity contribution in [3.63, 3.8) is 0 Å². The van der Waals surface area contributed by atoms with Crippen molar-refractivity contribution in [2.24, 2.45) is 17.8 Å². The number of aliphatic carboxylic acids is 1. The van der Waals surface area contributed by atoms with Gasteiger partial charge in [0.2, 0.25) is 10.0 Å². The second-order valence-corrected chi connectivity index (χ2v) is 9.14. The first kappa shape index (κ1) is 22.6. The number of rotatable bonds is 9. The van der Waals surface area contributed by atoms with Crippen LogP contribution in [-0.4, -0.2) is 20.4 Å². The van der Waals surface area contributed by atoms with Gasteiger partial charge < -0.3 is 9.90 Å². The van der Waals surface area contributed by atoms with Gasteiger partial charge in [-0.1, -0.05) is 30.4 Å². The molecule has 0 radical (unpaired) electrons. The van der Waals surface area contributed by atoms with E-state index in [2.05, 4.69) is 10.8 Å². The van der Waals surface area contributed by atoms with Crippen LogP contribution in [-0.2, 0) is 14.8 Å². The van der Waals surface area contributed by atoms with E-state index < -0.39 is 16.0 Å². The summed E-state index contributed by atoms with van der Waals surface area (Å²) in [7, 11) is -3.49. The van der Waals surface area contributed by atoms with Crippen molar-refractivity contribution < 1.29 is 47.9 Å². The number of nitrogens with one attached hydrogen (secondary N) is 1. The minimum atomic E-state index is -3.49. The first-order valence-corrected chi connectivity index (χ1v) is 10.9. The van der Waals surface area contributed by atoms with Gasteiger partial charge in [-0.05, 0) is 74.8 Å². The van der Waals surface area contributed by atoms with Crippen LogP contribution in [0.25, 0.3) is 0 Å². The van der Waals surface area contributed by atoms with Crippen LogP contribution in [0.2, 0.25) is 0 Å². The Hall–Kier alpha value is -0.660. The van der Waals surface area contributed by atoms with E-state index >= 15 is 0 Å². The van der Waals surface area contributed by atoms with Gasteiger partial charge in [0.25, 0.3) is 0 Å². The number of carboxylic acid groups (broad SMARTS) is 1. The fourth-order valence-electron chi connectivity index (χ4n) is 4.52. The van der Waals surface area contributed by atoms with Gasteiger partial charge in [0.1, 0.15) is 0 Å². The summed E-state index contributed by atoms with van der Waals surface area (Å²) in [5, 5.41) is 10.4. The summed E-state index contributed by atoms with van der Waals surface area (Å²) in [6, 6.07) is 8.53. The third kappa shape index (κ3) is 5.91. The number of fused-ring (bicyclic) bond motifs is 2. The molecule has 1 unspecified atom stereocenters. The number of sulfonamides is 1. The predicted molar refractivity (Wildman–Crippen MR) is 97.5 cm³/mol. The van der Waals surface area contributed by atoms with Crippen molar-refractivity contribution in [1.82, 2.24) is 4.72 Å². The van der Waals surface area contributed by atoms with Crippen LogP contribution in [0.3, 0.4) is 0 Å². The molecule has 0 spiro atoms. The monoisotopic (exact) mass is 399 g/mol. The molecular formula is C20H26NNaO4S. The first-order chi connectivity index (χ1) is 12.5. The van der Waals surface area contributed by atoms with Crippen LogP contribution < -0.4 is 39.4 Å². The van der Waals surface area contributed by atoms with Crippen LogP contribution in [0.4, 0.5) is 0 Å². The van der Waals surface area contributed by atoms with Crippen LogP contribution in [0.5, 0.6) is 0 Å². The molecule has 2 bridgehead atoms. The normalized spacial score (nSPS) is 27.0. The van der Waals surface area contributed by atoms with E-state index in [1.54, 1.807) is 24.3 Å². The van der Waals surface area contributed by atoms with Crippen molar-refractivity contribution in [2.45, 2.75) is 55.9 Å². The molecule has 0 aromatic heterocycles. The third-order valence-electron chi connectivity index (χ3n) is 5.76. The van der Waals surface area contributed by atoms with E-state index in [1.807, 2.05) is 12.1 Å². The van der Waals surface area contributed by atoms with E-state index in [-0.39, 0.29) is 42.0 Å². The van der Waals surface area contributed by atoms with Gasteiger partial charge in [-0.15, -0.1) is 0 Å². The summed E-state index contributed by atoms with van der Waals surface area (Å²) in [5.74, 6) is 0.317. The van der Waals surface area contributed by atoms with E-state index in [1.165, 1.54) is 6.42 Å². The summed E-state index contributed by atoms with van der Waals surface area (Å²) in [6.07, 6.45) is 9.70. The molecule has 0 saturated heterocycles. The molecule has 1 aromatic carbocycles. The molecule has 142 valence electrons. The molecule has 0 aliphatic heterocycles. The van der Waals surface area contributed by atoms with E-state index in [9.17, 15) is 18.3 Å². The van der Waals surface area contributed by atoms with Gasteiger partial charge >= 0.3 is 29.6 Å². The molecule has 4 atom stereocenters. The molecule has 2 fully saturated rings. The Balaban J connectivity index is 0.00000261. The zero-order valence-electron chi connectivity index (χ0n) is 15.8. The van der Waals surface area contributed by atoms with E-state index in [0.29, 0.717) is 29.1 Å². The predicted octanol–water partition coefficient (Wildman–Crippen LogP) is -0.750. The smallest absolute Gasteiger partial charge is 0.550 e. The van der Waals surface area contributed by atoms with Crippen molar-refractivity contribution in [1.29, 1.82) is 0 Å². The summed E-state index contributed by atoms with van der Waals surface area (Å²) < 4.78 is 28.4. The molecule has 0 heterocycles. The van der Waals surface area contributed by atoms with Gasteiger partial charge in [-0.2, -0.15) is 0 Å². The summed E-state index contributed by atoms with van der Waals surface area (Å²) >= 11 is 0. The minimum absolute atomic E-state index is 0. The Bertz CT molecular complexity index is 751. The molecule has 2 aliphatic rings. The summed E-state index contributed by atoms with van der Waals surface area (Å²) in [6.45, 7) is 0. The van der Waals surface area contributed by atoms with Gasteiger partial charge in [-0.3, -0.25) is 0 Å². The number of carboxylic acids is 1. The average Bonchev–Trinajstić information content (AvgIpc) is 3.20. The Labute approximate surface area is 184 Å². The topological polar surface area (TPSA) is 86.3 Å². The maximum atomic E-state index is 12.7. The number of benzene rings is 1. The molecule has 1 aromatic rings. The Morgan fingerprint density at radius 3 is 2.56 bits per heavy atom. The maximum absolute atomic E-state index is 12.7. The molecule has 2 saturated carbocycles. The molecule has 0 amide bonds. The molecule has 1 N–H and O–H groups in total. The number of hydrogen-bond donors (Lipinski definition) is 1. The van der Waals surface area contributed by atoms with E-state index in [0.717, 1.165) is 25.7 Å². The van der Waals surface area contributed by atoms with Crippen molar-refractivity contribution in [3.05, 3.63) is 42.5 Å². The minimum Gasteiger partial charge on any atom is -0.550 e. The Morgan fingerprint density at radius 2 is 1.85 bits per heavy atom. The average molecular weight is 399 g/mol. The van der Waals surface area contributed by atoms with Crippen molar-refractivity contribution in [3.8, 4) is 0 Å². The maximum Gasteiger partial charge on any atom is 1.00 e. The molecule has 7 heteroatoms. The van der Waals surface area contributed by atoms with Crippen molar-refractivity contribution in [2.75, 3.05) is 0 Å². The fraction of sp³-hybridized carbons (Fsp3) is 0.550. The van der Waals surface area contributed by atoms with E-state index in [4.69, 9.17) is 0 Å². The Kier molecular flexibility index (Phi) is 8.56. The zero-order chi connectivity index (χ0) is 18.6.